The molecule has 0 fully saturated rings. The molecule has 1 N–H and O–H groups in total. The molecule has 0 atom stereocenters. The molecular formula is C14H14O5. The topological polar surface area (TPSA) is 76.7 Å². The van der Waals surface area contributed by atoms with Crippen LogP contribution in [0.1, 0.15) is 40.3 Å². The van der Waals surface area contributed by atoms with E-state index in [9.17, 15) is 14.7 Å². The van der Waals surface area contributed by atoms with Crippen LogP contribution < -0.4 is 0 Å². The first-order valence-corrected chi connectivity index (χ1v) is 5.90. The van der Waals surface area contributed by atoms with Crippen molar-refractivity contribution in [2.45, 2.75) is 20.8 Å². The number of hydrogen-bond acceptors (Lipinski definition) is 5. The van der Waals surface area contributed by atoms with Crippen LogP contribution in [0, 0.1) is 6.92 Å². The molecule has 0 saturated heterocycles. The Labute approximate surface area is 109 Å². The Morgan fingerprint density at radius 1 is 1.37 bits per heavy atom. The molecule has 1 aromatic carbocycles. The second kappa shape index (κ2) is 4.76. The molecule has 0 aliphatic heterocycles. The van der Waals surface area contributed by atoms with Crippen LogP contribution in [0.5, 0.6) is 5.75 Å². The molecule has 2 rings (SSSR count). The Morgan fingerprint density at radius 2 is 2.05 bits per heavy atom. The number of ketones is 1. The highest BCUT2D eigenvalue weighted by Gasteiger charge is 2.23. The number of rotatable bonds is 3. The van der Waals surface area contributed by atoms with Gasteiger partial charge in [-0.15, -0.1) is 0 Å². The third kappa shape index (κ3) is 2.07. The zero-order valence-corrected chi connectivity index (χ0v) is 10.9. The number of benzene rings is 1. The molecular weight excluding hydrogens is 248 g/mol. The van der Waals surface area contributed by atoms with Gasteiger partial charge in [-0.3, -0.25) is 4.79 Å². The first kappa shape index (κ1) is 13.1. The molecule has 0 unspecified atom stereocenters. The lowest BCUT2D eigenvalue weighted by Crippen LogP contribution is -2.04. The summed E-state index contributed by atoms with van der Waals surface area (Å²) in [5.41, 5.74) is 1.03. The molecule has 5 nitrogen and oxygen atoms in total. The van der Waals surface area contributed by atoms with Crippen molar-refractivity contribution in [3.63, 3.8) is 0 Å². The SMILES string of the molecule is CCOC(=O)c1oc2ccc(O)c(C(C)=O)c2c1C. The summed E-state index contributed by atoms with van der Waals surface area (Å²) in [6.07, 6.45) is 0. The maximum Gasteiger partial charge on any atom is 0.374 e. The molecule has 0 radical (unpaired) electrons. The molecule has 5 heteroatoms. The van der Waals surface area contributed by atoms with E-state index < -0.39 is 5.97 Å². The van der Waals surface area contributed by atoms with Gasteiger partial charge in [0.2, 0.25) is 5.76 Å². The van der Waals surface area contributed by atoms with E-state index >= 15 is 0 Å². The summed E-state index contributed by atoms with van der Waals surface area (Å²) >= 11 is 0. The van der Waals surface area contributed by atoms with Gasteiger partial charge < -0.3 is 14.3 Å². The van der Waals surface area contributed by atoms with Crippen LogP contribution in [0.2, 0.25) is 0 Å². The Balaban J connectivity index is 2.74. The number of furan rings is 1. The van der Waals surface area contributed by atoms with Crippen molar-refractivity contribution in [3.8, 4) is 5.75 Å². The van der Waals surface area contributed by atoms with E-state index in [-0.39, 0.29) is 29.5 Å². The summed E-state index contributed by atoms with van der Waals surface area (Å²) in [6.45, 7) is 4.94. The average molecular weight is 262 g/mol. The lowest BCUT2D eigenvalue weighted by atomic mass is 10.0. The molecule has 2 aromatic rings. The predicted molar refractivity (Wildman–Crippen MR) is 68.6 cm³/mol. The molecule has 0 amide bonds. The summed E-state index contributed by atoms with van der Waals surface area (Å²) in [7, 11) is 0. The highest BCUT2D eigenvalue weighted by atomic mass is 16.5. The smallest absolute Gasteiger partial charge is 0.374 e. The Kier molecular flexibility index (Phi) is 3.29. The zero-order chi connectivity index (χ0) is 14.2. The van der Waals surface area contributed by atoms with Crippen LogP contribution in [0.4, 0.5) is 0 Å². The minimum Gasteiger partial charge on any atom is -0.507 e. The minimum absolute atomic E-state index is 0.0601. The number of fused-ring (bicyclic) bond motifs is 1. The van der Waals surface area contributed by atoms with E-state index in [1.165, 1.54) is 19.1 Å². The van der Waals surface area contributed by atoms with E-state index in [1.54, 1.807) is 13.8 Å². The lowest BCUT2D eigenvalue weighted by Gasteiger charge is -2.02. The quantitative estimate of drug-likeness (QED) is 0.679. The summed E-state index contributed by atoms with van der Waals surface area (Å²) < 4.78 is 10.3. The highest BCUT2D eigenvalue weighted by molar-refractivity contribution is 6.11. The van der Waals surface area contributed by atoms with Crippen molar-refractivity contribution < 1.29 is 23.8 Å². The maximum atomic E-state index is 11.7. The molecule has 0 aliphatic rings. The van der Waals surface area contributed by atoms with E-state index in [2.05, 4.69) is 0 Å². The van der Waals surface area contributed by atoms with Gasteiger partial charge >= 0.3 is 5.97 Å². The first-order valence-electron chi connectivity index (χ1n) is 5.90. The summed E-state index contributed by atoms with van der Waals surface area (Å²) in [4.78, 5) is 23.4. The fourth-order valence-electron chi connectivity index (χ4n) is 2.08. The fraction of sp³-hybridized carbons (Fsp3) is 0.286. The van der Waals surface area contributed by atoms with Gasteiger partial charge in [0.1, 0.15) is 11.3 Å². The van der Waals surface area contributed by atoms with Gasteiger partial charge in [-0.05, 0) is 32.9 Å². The average Bonchev–Trinajstić information content (AvgIpc) is 2.67. The molecule has 0 saturated carbocycles. The van der Waals surface area contributed by atoms with Gasteiger partial charge in [0, 0.05) is 10.9 Å². The molecule has 0 bridgehead atoms. The number of esters is 1. The number of carbonyl (C=O) groups excluding carboxylic acids is 2. The molecule has 1 aromatic heterocycles. The number of ether oxygens (including phenoxy) is 1. The molecule has 0 aliphatic carbocycles. The molecule has 1 heterocycles. The number of phenols is 1. The van der Waals surface area contributed by atoms with E-state index in [0.29, 0.717) is 16.5 Å². The number of hydrogen-bond donors (Lipinski definition) is 1. The predicted octanol–water partition coefficient (Wildman–Crippen LogP) is 2.83. The second-order valence-electron chi connectivity index (χ2n) is 4.17. The summed E-state index contributed by atoms with van der Waals surface area (Å²) in [5, 5.41) is 10.2. The third-order valence-corrected chi connectivity index (χ3v) is 2.89. The van der Waals surface area contributed by atoms with Crippen molar-refractivity contribution >= 4 is 22.7 Å². The Hall–Kier alpha value is -2.30. The van der Waals surface area contributed by atoms with Gasteiger partial charge in [-0.25, -0.2) is 4.79 Å². The largest absolute Gasteiger partial charge is 0.507 e. The van der Waals surface area contributed by atoms with Gasteiger partial charge in [0.05, 0.1) is 12.2 Å². The van der Waals surface area contributed by atoms with Crippen molar-refractivity contribution in [1.29, 1.82) is 0 Å². The van der Waals surface area contributed by atoms with E-state index in [0.717, 1.165) is 0 Å². The summed E-state index contributed by atoms with van der Waals surface area (Å²) in [5.74, 6) is -0.933. The summed E-state index contributed by atoms with van der Waals surface area (Å²) in [6, 6.07) is 2.89. The van der Waals surface area contributed by atoms with Crippen LogP contribution in [-0.4, -0.2) is 23.5 Å². The van der Waals surface area contributed by atoms with Gasteiger partial charge in [0.25, 0.3) is 0 Å². The first-order chi connectivity index (χ1) is 8.97. The lowest BCUT2D eigenvalue weighted by molar-refractivity contribution is 0.0491. The normalized spacial score (nSPS) is 10.7. The number of Topliss-reactive ketones (excluding diaryl/α,β-unsaturated/α-hetero) is 1. The number of phenolic OH excluding ortho intramolecular Hbond substituents is 1. The van der Waals surface area contributed by atoms with Gasteiger partial charge in [0.15, 0.2) is 5.78 Å². The number of aromatic hydroxyl groups is 1. The zero-order valence-electron chi connectivity index (χ0n) is 10.9. The van der Waals surface area contributed by atoms with Gasteiger partial charge in [-0.2, -0.15) is 0 Å². The van der Waals surface area contributed by atoms with E-state index in [1.807, 2.05) is 0 Å². The van der Waals surface area contributed by atoms with Crippen LogP contribution in [0.15, 0.2) is 16.5 Å². The number of carbonyl (C=O) groups is 2. The van der Waals surface area contributed by atoms with Crippen molar-refractivity contribution in [2.75, 3.05) is 6.61 Å². The second-order valence-corrected chi connectivity index (χ2v) is 4.17. The Bertz CT molecular complexity index is 666. The maximum absolute atomic E-state index is 11.7. The van der Waals surface area contributed by atoms with Crippen LogP contribution in [0.3, 0.4) is 0 Å². The van der Waals surface area contributed by atoms with Gasteiger partial charge in [-0.1, -0.05) is 0 Å². The van der Waals surface area contributed by atoms with Crippen molar-refractivity contribution in [3.05, 3.63) is 29.0 Å². The van der Waals surface area contributed by atoms with Crippen LogP contribution >= 0.6 is 0 Å². The minimum atomic E-state index is -0.579. The number of aryl methyl sites for hydroxylation is 1. The Morgan fingerprint density at radius 3 is 2.63 bits per heavy atom. The molecule has 100 valence electrons. The standard InChI is InChI=1S/C14H14O5/c1-4-18-14(17)13-7(2)11-10(19-13)6-5-9(16)12(11)8(3)15/h5-6,16H,4H2,1-3H3. The third-order valence-electron chi connectivity index (χ3n) is 2.89. The monoisotopic (exact) mass is 262 g/mol. The van der Waals surface area contributed by atoms with Crippen LogP contribution in [-0.2, 0) is 4.74 Å². The van der Waals surface area contributed by atoms with Crippen molar-refractivity contribution in [1.82, 2.24) is 0 Å². The molecule has 0 spiro atoms. The highest BCUT2D eigenvalue weighted by Crippen LogP contribution is 2.34. The molecule has 19 heavy (non-hydrogen) atoms. The van der Waals surface area contributed by atoms with Crippen LogP contribution in [0.25, 0.3) is 11.0 Å². The van der Waals surface area contributed by atoms with Crippen molar-refractivity contribution in [2.24, 2.45) is 0 Å². The fourth-order valence-corrected chi connectivity index (χ4v) is 2.08. The van der Waals surface area contributed by atoms with E-state index in [4.69, 9.17) is 9.15 Å².